The molecule has 1 unspecified atom stereocenters. The smallest absolute Gasteiger partial charge is 0.261 e. The highest BCUT2D eigenvalue weighted by molar-refractivity contribution is 5.77. The second-order valence-electron chi connectivity index (χ2n) is 6.48. The molecule has 0 aliphatic heterocycles. The Labute approximate surface area is 150 Å². The van der Waals surface area contributed by atoms with Crippen molar-refractivity contribution in [2.45, 2.75) is 33.4 Å². The van der Waals surface area contributed by atoms with Crippen LogP contribution in [0.15, 0.2) is 41.5 Å². The monoisotopic (exact) mass is 356 g/mol. The topological polar surface area (TPSA) is 64.3 Å². The average molecular weight is 356 g/mol. The van der Waals surface area contributed by atoms with Crippen LogP contribution in [0.4, 0.5) is 4.39 Å². The minimum atomic E-state index is -0.883. The Morgan fingerprint density at radius 3 is 2.69 bits per heavy atom. The zero-order valence-electron chi connectivity index (χ0n) is 15.0. The van der Waals surface area contributed by atoms with Crippen molar-refractivity contribution in [2.24, 2.45) is 0 Å². The quantitative estimate of drug-likeness (QED) is 0.763. The van der Waals surface area contributed by atoms with E-state index in [9.17, 15) is 14.3 Å². The minimum Gasteiger partial charge on any atom is -0.490 e. The van der Waals surface area contributed by atoms with Crippen molar-refractivity contribution < 1.29 is 14.2 Å². The maximum absolute atomic E-state index is 13.2. The van der Waals surface area contributed by atoms with Crippen LogP contribution < -0.4 is 10.3 Å². The highest BCUT2D eigenvalue weighted by Gasteiger charge is 2.13. The van der Waals surface area contributed by atoms with E-state index in [1.165, 1.54) is 29.1 Å². The van der Waals surface area contributed by atoms with E-state index in [2.05, 4.69) is 4.98 Å². The summed E-state index contributed by atoms with van der Waals surface area (Å²) in [4.78, 5) is 16.5. The van der Waals surface area contributed by atoms with Gasteiger partial charge in [0, 0.05) is 6.07 Å². The fourth-order valence-corrected chi connectivity index (χ4v) is 2.87. The summed E-state index contributed by atoms with van der Waals surface area (Å²) >= 11 is 0. The second kappa shape index (κ2) is 7.25. The van der Waals surface area contributed by atoms with Crippen molar-refractivity contribution in [1.29, 1.82) is 0 Å². The number of aliphatic hydroxyl groups excluding tert-OH is 1. The first-order valence-corrected chi connectivity index (χ1v) is 8.39. The molecule has 0 spiro atoms. The summed E-state index contributed by atoms with van der Waals surface area (Å²) in [6.45, 7) is 6.02. The molecule has 136 valence electrons. The van der Waals surface area contributed by atoms with Gasteiger partial charge in [-0.3, -0.25) is 9.36 Å². The molecule has 0 aliphatic rings. The number of fused-ring (bicyclic) bond motifs is 1. The number of hydrogen-bond donors (Lipinski definition) is 1. The zero-order chi connectivity index (χ0) is 18.8. The van der Waals surface area contributed by atoms with Crippen molar-refractivity contribution in [2.75, 3.05) is 6.61 Å². The van der Waals surface area contributed by atoms with Gasteiger partial charge in [-0.2, -0.15) is 0 Å². The molecule has 0 saturated heterocycles. The lowest BCUT2D eigenvalue weighted by Crippen LogP contribution is -2.30. The molecule has 6 heteroatoms. The van der Waals surface area contributed by atoms with Crippen molar-refractivity contribution in [3.8, 4) is 5.75 Å². The normalized spacial score (nSPS) is 12.3. The molecule has 3 aromatic rings. The van der Waals surface area contributed by atoms with E-state index in [4.69, 9.17) is 4.74 Å². The third-order valence-electron chi connectivity index (χ3n) is 4.49. The first kappa shape index (κ1) is 18.1. The Hall–Kier alpha value is -2.73. The van der Waals surface area contributed by atoms with Gasteiger partial charge < -0.3 is 9.84 Å². The third kappa shape index (κ3) is 3.60. The van der Waals surface area contributed by atoms with Crippen molar-refractivity contribution in [3.63, 3.8) is 0 Å². The van der Waals surface area contributed by atoms with Crippen LogP contribution in [-0.2, 0) is 6.54 Å². The number of rotatable bonds is 5. The van der Waals surface area contributed by atoms with E-state index in [0.717, 1.165) is 22.4 Å². The molecular weight excluding hydrogens is 335 g/mol. The molecule has 0 bridgehead atoms. The minimum absolute atomic E-state index is 0.0447. The van der Waals surface area contributed by atoms with Crippen LogP contribution in [0, 0.1) is 26.6 Å². The van der Waals surface area contributed by atoms with Crippen molar-refractivity contribution in [1.82, 2.24) is 9.55 Å². The van der Waals surface area contributed by atoms with Crippen LogP contribution in [0.1, 0.15) is 16.7 Å². The van der Waals surface area contributed by atoms with Crippen LogP contribution in [-0.4, -0.2) is 27.4 Å². The van der Waals surface area contributed by atoms with Crippen LogP contribution >= 0.6 is 0 Å². The molecule has 1 aromatic heterocycles. The van der Waals surface area contributed by atoms with Gasteiger partial charge in [0.05, 0.1) is 23.8 Å². The van der Waals surface area contributed by atoms with E-state index in [1.807, 2.05) is 32.9 Å². The molecule has 1 N–H and O–H groups in total. The number of ether oxygens (including phenoxy) is 1. The molecule has 0 aliphatic carbocycles. The molecule has 5 nitrogen and oxygen atoms in total. The Balaban J connectivity index is 1.75. The summed E-state index contributed by atoms with van der Waals surface area (Å²) in [5.41, 5.74) is 3.11. The highest BCUT2D eigenvalue weighted by atomic mass is 19.1. The van der Waals surface area contributed by atoms with Gasteiger partial charge in [0.15, 0.2) is 0 Å². The molecular formula is C20H21FN2O3. The molecule has 26 heavy (non-hydrogen) atoms. The van der Waals surface area contributed by atoms with Gasteiger partial charge >= 0.3 is 0 Å². The molecule has 1 heterocycles. The Bertz CT molecular complexity index is 1010. The predicted molar refractivity (Wildman–Crippen MR) is 98.1 cm³/mol. The fraction of sp³-hybridized carbons (Fsp3) is 0.300. The number of benzene rings is 2. The van der Waals surface area contributed by atoms with E-state index >= 15 is 0 Å². The maximum Gasteiger partial charge on any atom is 0.261 e. The lowest BCUT2D eigenvalue weighted by Gasteiger charge is -2.17. The Morgan fingerprint density at radius 2 is 1.92 bits per heavy atom. The SMILES string of the molecule is Cc1ccc(C)c(OCC(O)Cn2cnc3cc(F)ccc3c2=O)c1C. The predicted octanol–water partition coefficient (Wildman–Crippen LogP) is 2.90. The summed E-state index contributed by atoms with van der Waals surface area (Å²) in [5.74, 6) is 0.308. The first-order valence-electron chi connectivity index (χ1n) is 8.39. The Morgan fingerprint density at radius 1 is 1.19 bits per heavy atom. The van der Waals surface area contributed by atoms with Gasteiger partial charge in [-0.15, -0.1) is 0 Å². The van der Waals surface area contributed by atoms with Crippen LogP contribution in [0.3, 0.4) is 0 Å². The molecule has 1 atom stereocenters. The van der Waals surface area contributed by atoms with Crippen LogP contribution in [0.5, 0.6) is 5.75 Å². The number of halogens is 1. The summed E-state index contributed by atoms with van der Waals surface area (Å²) in [6, 6.07) is 7.83. The number of aromatic nitrogens is 2. The van der Waals surface area contributed by atoms with E-state index in [0.29, 0.717) is 10.9 Å². The Kier molecular flexibility index (Phi) is 5.04. The zero-order valence-corrected chi connectivity index (χ0v) is 15.0. The summed E-state index contributed by atoms with van der Waals surface area (Å²) < 4.78 is 20.3. The van der Waals surface area contributed by atoms with E-state index < -0.39 is 11.9 Å². The lowest BCUT2D eigenvalue weighted by atomic mass is 10.1. The summed E-state index contributed by atoms with van der Waals surface area (Å²) in [7, 11) is 0. The van der Waals surface area contributed by atoms with Crippen molar-refractivity contribution in [3.05, 3.63) is 69.5 Å². The van der Waals surface area contributed by atoms with Crippen LogP contribution in [0.25, 0.3) is 10.9 Å². The number of aliphatic hydroxyl groups is 1. The first-order chi connectivity index (χ1) is 12.4. The molecule has 0 radical (unpaired) electrons. The molecule has 2 aromatic carbocycles. The molecule has 0 saturated carbocycles. The largest absolute Gasteiger partial charge is 0.490 e. The van der Waals surface area contributed by atoms with Gasteiger partial charge in [0.1, 0.15) is 24.3 Å². The standard InChI is InChI=1S/C20H21FN2O3/c1-12-4-5-13(2)19(14(12)3)26-10-16(24)9-23-11-22-18-8-15(21)6-7-17(18)20(23)25/h4-8,11,16,24H,9-10H2,1-3H3. The fourth-order valence-electron chi connectivity index (χ4n) is 2.87. The summed E-state index contributed by atoms with van der Waals surface area (Å²) in [6.07, 6.45) is 0.433. The highest BCUT2D eigenvalue weighted by Crippen LogP contribution is 2.25. The average Bonchev–Trinajstić information content (AvgIpc) is 2.60. The van der Waals surface area contributed by atoms with E-state index in [-0.39, 0.29) is 18.7 Å². The van der Waals surface area contributed by atoms with Crippen molar-refractivity contribution >= 4 is 10.9 Å². The number of nitrogens with zero attached hydrogens (tertiary/aromatic N) is 2. The van der Waals surface area contributed by atoms with Gasteiger partial charge in [-0.1, -0.05) is 12.1 Å². The van der Waals surface area contributed by atoms with Gasteiger partial charge in [0.25, 0.3) is 5.56 Å². The third-order valence-corrected chi connectivity index (χ3v) is 4.49. The number of aryl methyl sites for hydroxylation is 2. The van der Waals surface area contributed by atoms with Gasteiger partial charge in [-0.25, -0.2) is 9.37 Å². The number of hydrogen-bond acceptors (Lipinski definition) is 4. The van der Waals surface area contributed by atoms with E-state index in [1.54, 1.807) is 0 Å². The van der Waals surface area contributed by atoms with Gasteiger partial charge in [0.2, 0.25) is 0 Å². The van der Waals surface area contributed by atoms with Gasteiger partial charge in [-0.05, 0) is 49.6 Å². The lowest BCUT2D eigenvalue weighted by molar-refractivity contribution is 0.0908. The molecule has 0 amide bonds. The molecule has 0 fully saturated rings. The summed E-state index contributed by atoms with van der Waals surface area (Å²) in [5, 5.41) is 10.6. The molecule has 3 rings (SSSR count). The maximum atomic E-state index is 13.2. The van der Waals surface area contributed by atoms with Crippen LogP contribution in [0.2, 0.25) is 0 Å². The second-order valence-corrected chi connectivity index (χ2v) is 6.48.